The molecule has 0 spiro atoms. The number of benzene rings is 1. The highest BCUT2D eigenvalue weighted by atomic mass is 32.2. The molecular weight excluding hydrogens is 285 g/mol. The first-order valence-corrected chi connectivity index (χ1v) is 6.55. The third-order valence-electron chi connectivity index (χ3n) is 2.56. The standard InChI is InChI=1S/C11H9F3O4S/c12-11(13,14)19(16,17)18-10(15)6-5-8-3-1-2-4-9(8)7-10/h1-6,15H,7H2. The second kappa shape index (κ2) is 4.32. The first-order valence-electron chi connectivity index (χ1n) is 5.14. The van der Waals surface area contributed by atoms with E-state index in [2.05, 4.69) is 4.18 Å². The molecule has 104 valence electrons. The maximum atomic E-state index is 12.2. The predicted molar refractivity (Wildman–Crippen MR) is 60.2 cm³/mol. The fourth-order valence-corrected chi connectivity index (χ4v) is 2.29. The van der Waals surface area contributed by atoms with Crippen LogP contribution in [-0.4, -0.2) is 24.8 Å². The van der Waals surface area contributed by atoms with Crippen LogP contribution in [0.5, 0.6) is 0 Å². The van der Waals surface area contributed by atoms with E-state index in [1.807, 2.05) is 0 Å². The predicted octanol–water partition coefficient (Wildman–Crippen LogP) is 1.81. The lowest BCUT2D eigenvalue weighted by Gasteiger charge is -2.28. The minimum absolute atomic E-state index is 0.380. The van der Waals surface area contributed by atoms with Crippen LogP contribution in [0.3, 0.4) is 0 Å². The van der Waals surface area contributed by atoms with E-state index in [0.29, 0.717) is 11.1 Å². The van der Waals surface area contributed by atoms with E-state index < -0.39 is 21.4 Å². The molecule has 2 rings (SSSR count). The van der Waals surface area contributed by atoms with Crippen molar-refractivity contribution in [3.63, 3.8) is 0 Å². The zero-order valence-corrected chi connectivity index (χ0v) is 10.2. The number of rotatable bonds is 2. The molecule has 0 bridgehead atoms. The lowest BCUT2D eigenvalue weighted by Crippen LogP contribution is -2.41. The van der Waals surface area contributed by atoms with Crippen LogP contribution in [-0.2, 0) is 20.7 Å². The Kier molecular flexibility index (Phi) is 3.20. The average Bonchev–Trinajstić information content (AvgIpc) is 2.26. The molecule has 19 heavy (non-hydrogen) atoms. The SMILES string of the molecule is O=S(=O)(OC1(O)C=Cc2ccccc2C1)C(F)(F)F. The molecule has 0 aromatic heterocycles. The molecule has 0 heterocycles. The Balaban J connectivity index is 2.29. The first-order chi connectivity index (χ1) is 8.63. The fourth-order valence-electron chi connectivity index (χ4n) is 1.70. The van der Waals surface area contributed by atoms with E-state index in [1.165, 1.54) is 6.08 Å². The van der Waals surface area contributed by atoms with E-state index in [0.717, 1.165) is 6.08 Å². The second-order valence-electron chi connectivity index (χ2n) is 4.04. The van der Waals surface area contributed by atoms with Crippen LogP contribution >= 0.6 is 0 Å². The molecule has 0 saturated carbocycles. The summed E-state index contributed by atoms with van der Waals surface area (Å²) in [5.41, 5.74) is -4.40. The number of fused-ring (bicyclic) bond motifs is 1. The topological polar surface area (TPSA) is 63.6 Å². The summed E-state index contributed by atoms with van der Waals surface area (Å²) < 4.78 is 62.3. The summed E-state index contributed by atoms with van der Waals surface area (Å²) in [6.45, 7) is 0. The van der Waals surface area contributed by atoms with Gasteiger partial charge in [0.2, 0.25) is 5.79 Å². The molecule has 1 aliphatic carbocycles. The van der Waals surface area contributed by atoms with Gasteiger partial charge in [0.05, 0.1) is 0 Å². The van der Waals surface area contributed by atoms with Gasteiger partial charge in [-0.15, -0.1) is 0 Å². The van der Waals surface area contributed by atoms with E-state index in [4.69, 9.17) is 0 Å². The molecule has 0 fully saturated rings. The number of halogens is 3. The van der Waals surface area contributed by atoms with Gasteiger partial charge >= 0.3 is 15.6 Å². The molecule has 1 N–H and O–H groups in total. The summed E-state index contributed by atoms with van der Waals surface area (Å²) in [5.74, 6) is -2.53. The Morgan fingerprint density at radius 3 is 2.53 bits per heavy atom. The van der Waals surface area contributed by atoms with Gasteiger partial charge in [-0.25, -0.2) is 4.18 Å². The molecule has 4 nitrogen and oxygen atoms in total. The highest BCUT2D eigenvalue weighted by Gasteiger charge is 2.51. The van der Waals surface area contributed by atoms with Gasteiger partial charge in [0.15, 0.2) is 0 Å². The Labute approximate surface area is 107 Å². The Morgan fingerprint density at radius 2 is 1.89 bits per heavy atom. The summed E-state index contributed by atoms with van der Waals surface area (Å²) in [7, 11) is -5.86. The van der Waals surface area contributed by atoms with Gasteiger partial charge in [-0.3, -0.25) is 0 Å². The Bertz CT molecular complexity index is 621. The van der Waals surface area contributed by atoms with E-state index >= 15 is 0 Å². The smallest absolute Gasteiger partial charge is 0.361 e. The molecule has 1 atom stereocenters. The maximum absolute atomic E-state index is 12.2. The van der Waals surface area contributed by atoms with Gasteiger partial charge in [-0.2, -0.15) is 21.6 Å². The zero-order chi connectivity index (χ0) is 14.3. The van der Waals surface area contributed by atoms with Crippen molar-refractivity contribution in [3.05, 3.63) is 41.5 Å². The molecule has 1 aromatic carbocycles. The average molecular weight is 294 g/mol. The lowest BCUT2D eigenvalue weighted by atomic mass is 9.94. The molecule has 8 heteroatoms. The van der Waals surface area contributed by atoms with Gasteiger partial charge in [-0.1, -0.05) is 30.3 Å². The van der Waals surface area contributed by atoms with Crippen molar-refractivity contribution in [2.45, 2.75) is 17.7 Å². The number of aliphatic hydroxyl groups is 1. The van der Waals surface area contributed by atoms with Crippen molar-refractivity contribution in [1.29, 1.82) is 0 Å². The minimum Gasteiger partial charge on any atom is -0.361 e. The quantitative estimate of drug-likeness (QED) is 0.513. The number of hydrogen-bond acceptors (Lipinski definition) is 4. The van der Waals surface area contributed by atoms with Crippen LogP contribution in [0.4, 0.5) is 13.2 Å². The minimum atomic E-state index is -5.86. The third-order valence-corrected chi connectivity index (χ3v) is 3.63. The van der Waals surface area contributed by atoms with Gasteiger partial charge < -0.3 is 5.11 Å². The van der Waals surface area contributed by atoms with Crippen LogP contribution in [0.15, 0.2) is 30.3 Å². The van der Waals surface area contributed by atoms with Crippen molar-refractivity contribution in [2.24, 2.45) is 0 Å². The Hall–Kier alpha value is -1.38. The number of alkyl halides is 3. The largest absolute Gasteiger partial charge is 0.523 e. The van der Waals surface area contributed by atoms with Crippen molar-refractivity contribution in [2.75, 3.05) is 0 Å². The summed E-state index contributed by atoms with van der Waals surface area (Å²) in [5, 5.41) is 9.83. The van der Waals surface area contributed by atoms with E-state index in [1.54, 1.807) is 24.3 Å². The first kappa shape index (κ1) is 14.0. The molecule has 0 radical (unpaired) electrons. The molecule has 0 saturated heterocycles. The van der Waals surface area contributed by atoms with Crippen molar-refractivity contribution >= 4 is 16.2 Å². The molecule has 1 aromatic rings. The summed E-state index contributed by atoms with van der Waals surface area (Å²) >= 11 is 0. The monoisotopic (exact) mass is 294 g/mol. The van der Waals surface area contributed by atoms with Gasteiger partial charge in [0.25, 0.3) is 0 Å². The van der Waals surface area contributed by atoms with Crippen molar-refractivity contribution < 1.29 is 30.9 Å². The molecule has 0 aliphatic heterocycles. The molecular formula is C11H9F3O4S. The van der Waals surface area contributed by atoms with Crippen molar-refractivity contribution in [1.82, 2.24) is 0 Å². The Morgan fingerprint density at radius 1 is 1.26 bits per heavy atom. The molecule has 0 amide bonds. The highest BCUT2D eigenvalue weighted by Crippen LogP contribution is 2.33. The fraction of sp³-hybridized carbons (Fsp3) is 0.273. The highest BCUT2D eigenvalue weighted by molar-refractivity contribution is 7.87. The van der Waals surface area contributed by atoms with Crippen LogP contribution < -0.4 is 0 Å². The van der Waals surface area contributed by atoms with E-state index in [-0.39, 0.29) is 6.42 Å². The van der Waals surface area contributed by atoms with Gasteiger partial charge in [0, 0.05) is 6.42 Å². The van der Waals surface area contributed by atoms with Crippen molar-refractivity contribution in [3.8, 4) is 0 Å². The molecule has 1 aliphatic rings. The summed E-state index contributed by atoms with van der Waals surface area (Å²) in [6, 6.07) is 6.58. The normalized spacial score (nSPS) is 23.2. The summed E-state index contributed by atoms with van der Waals surface area (Å²) in [6.07, 6.45) is 1.82. The molecule has 1 unspecified atom stereocenters. The van der Waals surface area contributed by atoms with Gasteiger partial charge in [-0.05, 0) is 17.2 Å². The maximum Gasteiger partial charge on any atom is 0.523 e. The summed E-state index contributed by atoms with van der Waals surface area (Å²) in [4.78, 5) is 0. The van der Waals surface area contributed by atoms with Crippen LogP contribution in [0.25, 0.3) is 6.08 Å². The van der Waals surface area contributed by atoms with Crippen LogP contribution in [0, 0.1) is 0 Å². The zero-order valence-electron chi connectivity index (χ0n) is 9.39. The van der Waals surface area contributed by atoms with E-state index in [9.17, 15) is 26.7 Å². The second-order valence-corrected chi connectivity index (χ2v) is 5.57. The lowest BCUT2D eigenvalue weighted by molar-refractivity contribution is -0.116. The van der Waals surface area contributed by atoms with Gasteiger partial charge in [0.1, 0.15) is 0 Å². The number of hydrogen-bond donors (Lipinski definition) is 1. The van der Waals surface area contributed by atoms with Crippen LogP contribution in [0.1, 0.15) is 11.1 Å². The third kappa shape index (κ3) is 2.80. The van der Waals surface area contributed by atoms with Crippen LogP contribution in [0.2, 0.25) is 0 Å².